The number of anilines is 1. The highest BCUT2D eigenvalue weighted by atomic mass is 16.6. The van der Waals surface area contributed by atoms with Crippen LogP contribution in [0.4, 0.5) is 10.5 Å². The van der Waals surface area contributed by atoms with Crippen molar-refractivity contribution >= 4 is 11.8 Å². The smallest absolute Gasteiger partial charge is 0.416 e. The first-order valence-electron chi connectivity index (χ1n) is 6.64. The van der Waals surface area contributed by atoms with E-state index in [0.29, 0.717) is 13.0 Å². The fourth-order valence-electron chi connectivity index (χ4n) is 2.21. The van der Waals surface area contributed by atoms with Crippen molar-refractivity contribution in [1.82, 2.24) is 0 Å². The molecular formula is C15H21NO3. The molecule has 4 nitrogen and oxygen atoms in total. The molecule has 0 saturated heterocycles. The van der Waals surface area contributed by atoms with Gasteiger partial charge in [0.2, 0.25) is 0 Å². The molecule has 0 N–H and O–H groups in total. The summed E-state index contributed by atoms with van der Waals surface area (Å²) in [7, 11) is 0. The highest BCUT2D eigenvalue weighted by Gasteiger charge is 2.36. The average Bonchev–Trinajstić information content (AvgIpc) is 2.65. The van der Waals surface area contributed by atoms with Gasteiger partial charge in [0.15, 0.2) is 0 Å². The van der Waals surface area contributed by atoms with E-state index in [0.717, 1.165) is 11.3 Å². The van der Waals surface area contributed by atoms with Crippen molar-refractivity contribution in [3.63, 3.8) is 0 Å². The molecule has 104 valence electrons. The van der Waals surface area contributed by atoms with Crippen molar-refractivity contribution in [2.45, 2.75) is 45.9 Å². The van der Waals surface area contributed by atoms with Crippen LogP contribution in [0, 0.1) is 0 Å². The third-order valence-electron chi connectivity index (χ3n) is 2.88. The van der Waals surface area contributed by atoms with E-state index in [1.54, 1.807) is 4.90 Å². The minimum absolute atomic E-state index is 0.266. The van der Waals surface area contributed by atoms with E-state index in [1.165, 1.54) is 0 Å². The standard InChI is InChI=1S/C15H21NO3/c1-5-18-13-10-11-8-6-7-9-12(11)16(13)14(17)19-15(2,3)4/h6-9,13H,5,10H2,1-4H3. The van der Waals surface area contributed by atoms with Crippen LogP contribution in [0.2, 0.25) is 0 Å². The van der Waals surface area contributed by atoms with Gasteiger partial charge >= 0.3 is 6.09 Å². The lowest BCUT2D eigenvalue weighted by atomic mass is 10.2. The zero-order valence-electron chi connectivity index (χ0n) is 12.0. The van der Waals surface area contributed by atoms with Crippen LogP contribution in [-0.2, 0) is 15.9 Å². The molecule has 1 aromatic rings. The lowest BCUT2D eigenvalue weighted by Gasteiger charge is -2.28. The van der Waals surface area contributed by atoms with Gasteiger partial charge in [0.1, 0.15) is 11.8 Å². The number of benzene rings is 1. The Balaban J connectivity index is 2.26. The Morgan fingerprint density at radius 1 is 1.37 bits per heavy atom. The van der Waals surface area contributed by atoms with Crippen LogP contribution in [0.1, 0.15) is 33.3 Å². The Hall–Kier alpha value is -1.55. The van der Waals surface area contributed by atoms with Gasteiger partial charge in [0.25, 0.3) is 0 Å². The zero-order chi connectivity index (χ0) is 14.0. The molecular weight excluding hydrogens is 242 g/mol. The molecule has 1 aromatic carbocycles. The van der Waals surface area contributed by atoms with Crippen LogP contribution < -0.4 is 4.90 Å². The topological polar surface area (TPSA) is 38.8 Å². The molecule has 0 aromatic heterocycles. The molecule has 1 aliphatic rings. The molecule has 1 heterocycles. The minimum atomic E-state index is -0.509. The molecule has 2 rings (SSSR count). The van der Waals surface area contributed by atoms with E-state index in [4.69, 9.17) is 9.47 Å². The van der Waals surface area contributed by atoms with E-state index in [9.17, 15) is 4.79 Å². The van der Waals surface area contributed by atoms with Crippen LogP contribution in [0.5, 0.6) is 0 Å². The third kappa shape index (κ3) is 3.07. The van der Waals surface area contributed by atoms with E-state index >= 15 is 0 Å². The Morgan fingerprint density at radius 2 is 2.05 bits per heavy atom. The third-order valence-corrected chi connectivity index (χ3v) is 2.88. The normalized spacial score (nSPS) is 18.3. The molecule has 0 fully saturated rings. The van der Waals surface area contributed by atoms with Crippen molar-refractivity contribution in [1.29, 1.82) is 0 Å². The van der Waals surface area contributed by atoms with Gasteiger partial charge in [0.05, 0.1) is 5.69 Å². The quantitative estimate of drug-likeness (QED) is 0.821. The first-order valence-corrected chi connectivity index (χ1v) is 6.64. The highest BCUT2D eigenvalue weighted by molar-refractivity contribution is 5.91. The van der Waals surface area contributed by atoms with Gasteiger partial charge in [-0.3, -0.25) is 4.90 Å². The molecule has 4 heteroatoms. The number of amides is 1. The second kappa shape index (κ2) is 5.21. The van der Waals surface area contributed by atoms with E-state index < -0.39 is 5.60 Å². The molecule has 0 radical (unpaired) electrons. The van der Waals surface area contributed by atoms with Gasteiger partial charge in [-0.05, 0) is 39.3 Å². The van der Waals surface area contributed by atoms with Gasteiger partial charge in [-0.15, -0.1) is 0 Å². The Morgan fingerprint density at radius 3 is 2.68 bits per heavy atom. The largest absolute Gasteiger partial charge is 0.443 e. The molecule has 1 amide bonds. The van der Waals surface area contributed by atoms with Crippen molar-refractivity contribution in [3.05, 3.63) is 29.8 Å². The average molecular weight is 263 g/mol. The maximum Gasteiger partial charge on any atom is 0.416 e. The summed E-state index contributed by atoms with van der Waals surface area (Å²) in [4.78, 5) is 13.9. The predicted molar refractivity (Wildman–Crippen MR) is 74.3 cm³/mol. The van der Waals surface area contributed by atoms with Gasteiger partial charge in [0, 0.05) is 13.0 Å². The van der Waals surface area contributed by atoms with Crippen molar-refractivity contribution in [2.24, 2.45) is 0 Å². The van der Waals surface area contributed by atoms with Crippen LogP contribution in [0.15, 0.2) is 24.3 Å². The molecule has 0 saturated carbocycles. The molecule has 19 heavy (non-hydrogen) atoms. The van der Waals surface area contributed by atoms with Crippen molar-refractivity contribution < 1.29 is 14.3 Å². The number of rotatable bonds is 2. The SMILES string of the molecule is CCOC1Cc2ccccc2N1C(=O)OC(C)(C)C. The Labute approximate surface area is 114 Å². The van der Waals surface area contributed by atoms with Crippen molar-refractivity contribution in [3.8, 4) is 0 Å². The van der Waals surface area contributed by atoms with Crippen LogP contribution in [0.25, 0.3) is 0 Å². The number of para-hydroxylation sites is 1. The molecule has 0 bridgehead atoms. The monoisotopic (exact) mass is 263 g/mol. The Bertz CT molecular complexity index is 465. The fourth-order valence-corrected chi connectivity index (χ4v) is 2.21. The molecule has 1 unspecified atom stereocenters. The van der Waals surface area contributed by atoms with Crippen LogP contribution in [0.3, 0.4) is 0 Å². The number of carbonyl (C=O) groups excluding carboxylic acids is 1. The van der Waals surface area contributed by atoms with Gasteiger partial charge in [-0.25, -0.2) is 4.79 Å². The Kier molecular flexibility index (Phi) is 3.80. The number of fused-ring (bicyclic) bond motifs is 1. The lowest BCUT2D eigenvalue weighted by molar-refractivity contribution is 0.0317. The number of nitrogens with zero attached hydrogens (tertiary/aromatic N) is 1. The molecule has 0 aliphatic carbocycles. The zero-order valence-corrected chi connectivity index (χ0v) is 12.0. The van der Waals surface area contributed by atoms with Gasteiger partial charge < -0.3 is 9.47 Å². The van der Waals surface area contributed by atoms with Crippen LogP contribution in [-0.4, -0.2) is 24.5 Å². The summed E-state index contributed by atoms with van der Waals surface area (Å²) in [6.07, 6.45) is 0.0941. The van der Waals surface area contributed by atoms with Crippen molar-refractivity contribution in [2.75, 3.05) is 11.5 Å². The van der Waals surface area contributed by atoms with E-state index in [-0.39, 0.29) is 12.3 Å². The summed E-state index contributed by atoms with van der Waals surface area (Å²) in [6, 6.07) is 7.84. The summed E-state index contributed by atoms with van der Waals surface area (Å²) in [5.74, 6) is 0. The summed E-state index contributed by atoms with van der Waals surface area (Å²) in [5, 5.41) is 0. The highest BCUT2D eigenvalue weighted by Crippen LogP contribution is 2.33. The lowest BCUT2D eigenvalue weighted by Crippen LogP contribution is -2.42. The first-order chi connectivity index (χ1) is 8.92. The predicted octanol–water partition coefficient (Wildman–Crippen LogP) is 3.35. The maximum absolute atomic E-state index is 12.3. The molecule has 1 atom stereocenters. The fraction of sp³-hybridized carbons (Fsp3) is 0.533. The summed E-state index contributed by atoms with van der Waals surface area (Å²) in [5.41, 5.74) is 1.49. The van der Waals surface area contributed by atoms with Gasteiger partial charge in [-0.1, -0.05) is 18.2 Å². The number of hydrogen-bond acceptors (Lipinski definition) is 3. The van der Waals surface area contributed by atoms with E-state index in [2.05, 4.69) is 0 Å². The first kappa shape index (κ1) is 13.9. The van der Waals surface area contributed by atoms with Crippen LogP contribution >= 0.6 is 0 Å². The number of carbonyl (C=O) groups is 1. The summed E-state index contributed by atoms with van der Waals surface area (Å²) in [6.45, 7) is 8.09. The molecule has 0 spiro atoms. The van der Waals surface area contributed by atoms with E-state index in [1.807, 2.05) is 52.0 Å². The summed E-state index contributed by atoms with van der Waals surface area (Å²) >= 11 is 0. The maximum atomic E-state index is 12.3. The summed E-state index contributed by atoms with van der Waals surface area (Å²) < 4.78 is 11.1. The second-order valence-corrected chi connectivity index (χ2v) is 5.59. The number of ether oxygens (including phenoxy) is 2. The molecule has 1 aliphatic heterocycles. The minimum Gasteiger partial charge on any atom is -0.443 e. The van der Waals surface area contributed by atoms with Gasteiger partial charge in [-0.2, -0.15) is 0 Å². The number of hydrogen-bond donors (Lipinski definition) is 0. The second-order valence-electron chi connectivity index (χ2n) is 5.59.